The molecule has 1 aromatic carbocycles. The van der Waals surface area contributed by atoms with E-state index in [1.807, 2.05) is 6.92 Å². The molecule has 0 spiro atoms. The van der Waals surface area contributed by atoms with E-state index >= 15 is 0 Å². The molecule has 0 amide bonds. The molecule has 1 aliphatic heterocycles. The van der Waals surface area contributed by atoms with Crippen LogP contribution in [0.2, 0.25) is 0 Å². The topological polar surface area (TPSA) is 21.3 Å². The van der Waals surface area contributed by atoms with E-state index in [-0.39, 0.29) is 12.1 Å². The van der Waals surface area contributed by atoms with Gasteiger partial charge in [0.25, 0.3) is 0 Å². The third-order valence-electron chi connectivity index (χ3n) is 3.94. The minimum absolute atomic E-state index is 0.0362. The first-order valence-corrected chi connectivity index (χ1v) is 7.46. The first-order chi connectivity index (χ1) is 9.93. The van der Waals surface area contributed by atoms with Crippen molar-refractivity contribution in [2.24, 2.45) is 0 Å². The van der Waals surface area contributed by atoms with Crippen LogP contribution in [0, 0.1) is 6.92 Å². The van der Waals surface area contributed by atoms with Gasteiger partial charge in [-0.25, -0.2) is 0 Å². The minimum atomic E-state index is -4.29. The van der Waals surface area contributed by atoms with E-state index in [4.69, 9.17) is 4.74 Å². The molecule has 1 aromatic rings. The number of halogens is 3. The molecule has 0 radical (unpaired) electrons. The van der Waals surface area contributed by atoms with E-state index in [1.165, 1.54) is 6.07 Å². The van der Waals surface area contributed by atoms with Crippen molar-refractivity contribution in [3.63, 3.8) is 0 Å². The average molecular weight is 301 g/mol. The van der Waals surface area contributed by atoms with Crippen molar-refractivity contribution < 1.29 is 17.9 Å². The number of benzene rings is 1. The lowest BCUT2D eigenvalue weighted by atomic mass is 9.91. The van der Waals surface area contributed by atoms with Gasteiger partial charge in [0.05, 0.1) is 17.7 Å². The van der Waals surface area contributed by atoms with E-state index in [2.05, 4.69) is 5.32 Å². The summed E-state index contributed by atoms with van der Waals surface area (Å²) < 4.78 is 44.1. The zero-order valence-electron chi connectivity index (χ0n) is 12.5. The van der Waals surface area contributed by atoms with Crippen molar-refractivity contribution in [3.8, 4) is 0 Å². The molecule has 0 saturated carbocycles. The summed E-state index contributed by atoms with van der Waals surface area (Å²) in [5.41, 5.74) is 0.963. The molecule has 2 rings (SSSR count). The van der Waals surface area contributed by atoms with Crippen LogP contribution in [0.4, 0.5) is 13.2 Å². The van der Waals surface area contributed by atoms with E-state index < -0.39 is 11.7 Å². The monoisotopic (exact) mass is 301 g/mol. The van der Waals surface area contributed by atoms with Crippen molar-refractivity contribution in [1.82, 2.24) is 5.32 Å². The maximum atomic E-state index is 12.8. The summed E-state index contributed by atoms with van der Waals surface area (Å²) in [5, 5.41) is 3.36. The van der Waals surface area contributed by atoms with Gasteiger partial charge in [-0.3, -0.25) is 0 Å². The molecular formula is C16H22F3NO. The zero-order valence-corrected chi connectivity index (χ0v) is 12.5. The fourth-order valence-corrected chi connectivity index (χ4v) is 2.89. The van der Waals surface area contributed by atoms with Gasteiger partial charge in [0.15, 0.2) is 0 Å². The predicted molar refractivity (Wildman–Crippen MR) is 76.2 cm³/mol. The first kappa shape index (κ1) is 16.3. The standard InChI is InChI=1S/C16H22F3NO/c1-3-20-15(14-6-4-5-9-21-14)13-8-7-12(10-11(13)2)16(17,18)19/h7-8,10,14-15,20H,3-6,9H2,1-2H3. The summed E-state index contributed by atoms with van der Waals surface area (Å²) >= 11 is 0. The minimum Gasteiger partial charge on any atom is -0.376 e. The molecule has 0 aromatic heterocycles. The summed E-state index contributed by atoms with van der Waals surface area (Å²) in [6, 6.07) is 3.93. The van der Waals surface area contributed by atoms with Crippen LogP contribution in [0.15, 0.2) is 18.2 Å². The second-order valence-corrected chi connectivity index (χ2v) is 5.51. The molecule has 1 saturated heterocycles. The van der Waals surface area contributed by atoms with Gasteiger partial charge >= 0.3 is 6.18 Å². The Morgan fingerprint density at radius 2 is 2.10 bits per heavy atom. The fraction of sp³-hybridized carbons (Fsp3) is 0.625. The van der Waals surface area contributed by atoms with Crippen molar-refractivity contribution in [3.05, 3.63) is 34.9 Å². The normalized spacial score (nSPS) is 21.3. The van der Waals surface area contributed by atoms with Gasteiger partial charge in [0.2, 0.25) is 0 Å². The second kappa shape index (κ2) is 6.79. The lowest BCUT2D eigenvalue weighted by Crippen LogP contribution is -2.36. The van der Waals surface area contributed by atoms with Crippen LogP contribution in [-0.4, -0.2) is 19.3 Å². The van der Waals surface area contributed by atoms with Crippen molar-refractivity contribution in [2.75, 3.05) is 13.2 Å². The molecule has 2 nitrogen and oxygen atoms in total. The van der Waals surface area contributed by atoms with Crippen LogP contribution in [0.1, 0.15) is 48.9 Å². The third kappa shape index (κ3) is 3.98. The lowest BCUT2D eigenvalue weighted by Gasteiger charge is -2.32. The van der Waals surface area contributed by atoms with Gasteiger partial charge in [0.1, 0.15) is 0 Å². The number of likely N-dealkylation sites (N-methyl/N-ethyl adjacent to an activating group) is 1. The van der Waals surface area contributed by atoms with Gasteiger partial charge in [-0.05, 0) is 56.0 Å². The molecule has 118 valence electrons. The quantitative estimate of drug-likeness (QED) is 0.898. The van der Waals surface area contributed by atoms with Crippen LogP contribution in [0.25, 0.3) is 0 Å². The lowest BCUT2D eigenvalue weighted by molar-refractivity contribution is -0.137. The Morgan fingerprint density at radius 1 is 1.33 bits per heavy atom. The maximum absolute atomic E-state index is 12.8. The number of hydrogen-bond donors (Lipinski definition) is 1. The second-order valence-electron chi connectivity index (χ2n) is 5.51. The summed E-state index contributed by atoms with van der Waals surface area (Å²) in [6.45, 7) is 5.21. The van der Waals surface area contributed by atoms with E-state index in [0.717, 1.165) is 44.0 Å². The van der Waals surface area contributed by atoms with Crippen LogP contribution < -0.4 is 5.32 Å². The van der Waals surface area contributed by atoms with Crippen LogP contribution in [-0.2, 0) is 10.9 Å². The Bertz CT molecular complexity index is 467. The van der Waals surface area contributed by atoms with Crippen molar-refractivity contribution >= 4 is 0 Å². The Labute approximate surface area is 123 Å². The number of aryl methyl sites for hydroxylation is 1. The highest BCUT2D eigenvalue weighted by atomic mass is 19.4. The molecule has 0 bridgehead atoms. The van der Waals surface area contributed by atoms with E-state index in [1.54, 1.807) is 13.0 Å². The smallest absolute Gasteiger partial charge is 0.376 e. The van der Waals surface area contributed by atoms with Gasteiger partial charge in [0, 0.05) is 6.61 Å². The number of alkyl halides is 3. The fourth-order valence-electron chi connectivity index (χ4n) is 2.89. The summed E-state index contributed by atoms with van der Waals surface area (Å²) in [6.07, 6.45) is -1.15. The Balaban J connectivity index is 2.27. The number of ether oxygens (including phenoxy) is 1. The highest BCUT2D eigenvalue weighted by Crippen LogP contribution is 2.34. The van der Waals surface area contributed by atoms with Gasteiger partial charge in [-0.2, -0.15) is 13.2 Å². The number of hydrogen-bond acceptors (Lipinski definition) is 2. The first-order valence-electron chi connectivity index (χ1n) is 7.46. The zero-order chi connectivity index (χ0) is 15.5. The molecule has 1 fully saturated rings. The largest absolute Gasteiger partial charge is 0.416 e. The molecule has 2 atom stereocenters. The van der Waals surface area contributed by atoms with Crippen LogP contribution >= 0.6 is 0 Å². The summed E-state index contributed by atoms with van der Waals surface area (Å²) in [7, 11) is 0. The number of nitrogens with one attached hydrogen (secondary N) is 1. The van der Waals surface area contributed by atoms with E-state index in [9.17, 15) is 13.2 Å². The highest BCUT2D eigenvalue weighted by Gasteiger charge is 2.32. The van der Waals surface area contributed by atoms with Crippen molar-refractivity contribution in [2.45, 2.75) is 51.4 Å². The molecule has 5 heteroatoms. The van der Waals surface area contributed by atoms with Crippen molar-refractivity contribution in [1.29, 1.82) is 0 Å². The van der Waals surface area contributed by atoms with Gasteiger partial charge in [-0.15, -0.1) is 0 Å². The van der Waals surface area contributed by atoms with Gasteiger partial charge in [-0.1, -0.05) is 13.0 Å². The SMILES string of the molecule is CCNC(c1ccc(C(F)(F)F)cc1C)C1CCCCO1. The Morgan fingerprint density at radius 3 is 2.62 bits per heavy atom. The summed E-state index contributed by atoms with van der Waals surface area (Å²) in [4.78, 5) is 0. The Kier molecular flexibility index (Phi) is 5.27. The average Bonchev–Trinajstić information content (AvgIpc) is 2.45. The third-order valence-corrected chi connectivity index (χ3v) is 3.94. The molecule has 0 aliphatic carbocycles. The molecule has 1 heterocycles. The molecular weight excluding hydrogens is 279 g/mol. The van der Waals surface area contributed by atoms with Crippen LogP contribution in [0.3, 0.4) is 0 Å². The van der Waals surface area contributed by atoms with Crippen LogP contribution in [0.5, 0.6) is 0 Å². The number of rotatable bonds is 4. The van der Waals surface area contributed by atoms with Gasteiger partial charge < -0.3 is 10.1 Å². The molecule has 1 aliphatic rings. The summed E-state index contributed by atoms with van der Waals surface area (Å²) in [5.74, 6) is 0. The maximum Gasteiger partial charge on any atom is 0.416 e. The highest BCUT2D eigenvalue weighted by molar-refractivity contribution is 5.35. The molecule has 21 heavy (non-hydrogen) atoms. The predicted octanol–water partition coefficient (Wildman–Crippen LogP) is 4.23. The Hall–Kier alpha value is -1.07. The molecule has 1 N–H and O–H groups in total. The molecule has 2 unspecified atom stereocenters. The van der Waals surface area contributed by atoms with E-state index in [0.29, 0.717) is 5.56 Å².